The van der Waals surface area contributed by atoms with Crippen LogP contribution in [0.3, 0.4) is 0 Å². The Bertz CT molecular complexity index is 262. The van der Waals surface area contributed by atoms with Crippen molar-refractivity contribution < 1.29 is 9.90 Å². The van der Waals surface area contributed by atoms with Crippen LogP contribution in [0.4, 0.5) is 0 Å². The SMILES string of the molecule is O=C1CC2(CCNCC2)CN1CCCCCO. The van der Waals surface area contributed by atoms with Crippen molar-refractivity contribution in [3.63, 3.8) is 0 Å². The van der Waals surface area contributed by atoms with Gasteiger partial charge in [0.1, 0.15) is 0 Å². The molecule has 4 heteroatoms. The van der Waals surface area contributed by atoms with E-state index in [9.17, 15) is 4.79 Å². The number of aliphatic hydroxyl groups is 1. The maximum Gasteiger partial charge on any atom is 0.223 e. The van der Waals surface area contributed by atoms with Gasteiger partial charge in [0.25, 0.3) is 0 Å². The van der Waals surface area contributed by atoms with Gasteiger partial charge in [-0.25, -0.2) is 0 Å². The van der Waals surface area contributed by atoms with Crippen LogP contribution in [0, 0.1) is 5.41 Å². The summed E-state index contributed by atoms with van der Waals surface area (Å²) >= 11 is 0. The zero-order valence-electron chi connectivity index (χ0n) is 10.6. The predicted molar refractivity (Wildman–Crippen MR) is 66.7 cm³/mol. The van der Waals surface area contributed by atoms with Gasteiger partial charge in [-0.3, -0.25) is 4.79 Å². The van der Waals surface area contributed by atoms with E-state index >= 15 is 0 Å². The van der Waals surface area contributed by atoms with Crippen LogP contribution in [0.5, 0.6) is 0 Å². The van der Waals surface area contributed by atoms with Gasteiger partial charge < -0.3 is 15.3 Å². The van der Waals surface area contributed by atoms with E-state index in [-0.39, 0.29) is 12.0 Å². The third kappa shape index (κ3) is 3.19. The Labute approximate surface area is 103 Å². The number of hydrogen-bond acceptors (Lipinski definition) is 3. The number of rotatable bonds is 5. The molecular formula is C13H24N2O2. The summed E-state index contributed by atoms with van der Waals surface area (Å²) in [6, 6.07) is 0. The topological polar surface area (TPSA) is 52.6 Å². The number of likely N-dealkylation sites (tertiary alicyclic amines) is 1. The van der Waals surface area contributed by atoms with E-state index in [1.54, 1.807) is 0 Å². The third-order valence-electron chi connectivity index (χ3n) is 4.16. The van der Waals surface area contributed by atoms with Gasteiger partial charge in [0.2, 0.25) is 5.91 Å². The molecule has 0 aromatic rings. The Kier molecular flexibility index (Phi) is 4.40. The fraction of sp³-hybridized carbons (Fsp3) is 0.923. The van der Waals surface area contributed by atoms with Gasteiger partial charge in [0.05, 0.1) is 0 Å². The Morgan fingerprint density at radius 2 is 2.00 bits per heavy atom. The fourth-order valence-electron chi connectivity index (χ4n) is 3.07. The van der Waals surface area contributed by atoms with E-state index < -0.39 is 0 Å². The Hall–Kier alpha value is -0.610. The summed E-state index contributed by atoms with van der Waals surface area (Å²) in [5.74, 6) is 0.343. The van der Waals surface area contributed by atoms with E-state index in [0.29, 0.717) is 5.91 Å². The van der Waals surface area contributed by atoms with Crippen LogP contribution in [0.15, 0.2) is 0 Å². The highest BCUT2D eigenvalue weighted by molar-refractivity contribution is 5.79. The van der Waals surface area contributed by atoms with Crippen molar-refractivity contribution in [3.8, 4) is 0 Å². The molecule has 2 rings (SSSR count). The van der Waals surface area contributed by atoms with Crippen molar-refractivity contribution in [1.82, 2.24) is 10.2 Å². The first-order valence-electron chi connectivity index (χ1n) is 6.85. The summed E-state index contributed by atoms with van der Waals surface area (Å²) in [5.41, 5.74) is 0.277. The number of nitrogens with one attached hydrogen (secondary N) is 1. The summed E-state index contributed by atoms with van der Waals surface area (Å²) < 4.78 is 0. The second kappa shape index (κ2) is 5.83. The molecule has 2 N–H and O–H groups in total. The van der Waals surface area contributed by atoms with Crippen LogP contribution in [0.25, 0.3) is 0 Å². The Morgan fingerprint density at radius 3 is 2.71 bits per heavy atom. The van der Waals surface area contributed by atoms with Crippen molar-refractivity contribution >= 4 is 5.91 Å². The molecule has 0 aromatic carbocycles. The number of carbonyl (C=O) groups excluding carboxylic acids is 1. The van der Waals surface area contributed by atoms with Gasteiger partial charge in [0, 0.05) is 26.1 Å². The first kappa shape index (κ1) is 12.8. The molecule has 2 fully saturated rings. The van der Waals surface area contributed by atoms with Gasteiger partial charge in [-0.1, -0.05) is 0 Å². The van der Waals surface area contributed by atoms with Crippen molar-refractivity contribution in [2.45, 2.75) is 38.5 Å². The summed E-state index contributed by atoms with van der Waals surface area (Å²) in [4.78, 5) is 14.0. The second-order valence-corrected chi connectivity index (χ2v) is 5.53. The standard InChI is InChI=1S/C13H24N2O2/c16-9-3-1-2-8-15-11-13(10-12(15)17)4-6-14-7-5-13/h14,16H,1-11H2. The molecular weight excluding hydrogens is 216 g/mol. The lowest BCUT2D eigenvalue weighted by atomic mass is 9.78. The average Bonchev–Trinajstić information content (AvgIpc) is 2.62. The molecule has 98 valence electrons. The second-order valence-electron chi connectivity index (χ2n) is 5.53. The number of aliphatic hydroxyl groups excluding tert-OH is 1. The van der Waals surface area contributed by atoms with E-state index in [0.717, 1.165) is 64.7 Å². The minimum absolute atomic E-state index is 0.267. The minimum atomic E-state index is 0.267. The Morgan fingerprint density at radius 1 is 1.24 bits per heavy atom. The van der Waals surface area contributed by atoms with Crippen LogP contribution in [-0.2, 0) is 4.79 Å². The number of carbonyl (C=O) groups is 1. The van der Waals surface area contributed by atoms with Crippen molar-refractivity contribution in [1.29, 1.82) is 0 Å². The fourth-order valence-corrected chi connectivity index (χ4v) is 3.07. The smallest absolute Gasteiger partial charge is 0.223 e. The molecule has 0 bridgehead atoms. The molecule has 2 aliphatic heterocycles. The average molecular weight is 240 g/mol. The first-order chi connectivity index (χ1) is 8.26. The highest BCUT2D eigenvalue weighted by Crippen LogP contribution is 2.39. The van der Waals surface area contributed by atoms with Crippen molar-refractivity contribution in [2.75, 3.05) is 32.8 Å². The molecule has 2 heterocycles. The van der Waals surface area contributed by atoms with Gasteiger partial charge >= 0.3 is 0 Å². The van der Waals surface area contributed by atoms with E-state index in [1.165, 1.54) is 0 Å². The van der Waals surface area contributed by atoms with Crippen LogP contribution < -0.4 is 5.32 Å². The first-order valence-corrected chi connectivity index (χ1v) is 6.85. The zero-order valence-corrected chi connectivity index (χ0v) is 10.6. The monoisotopic (exact) mass is 240 g/mol. The molecule has 0 aromatic heterocycles. The van der Waals surface area contributed by atoms with E-state index in [4.69, 9.17) is 5.11 Å². The van der Waals surface area contributed by atoms with E-state index in [1.807, 2.05) is 4.90 Å². The number of unbranched alkanes of at least 4 members (excludes halogenated alkanes) is 2. The van der Waals surface area contributed by atoms with Gasteiger partial charge in [-0.2, -0.15) is 0 Å². The number of hydrogen-bond donors (Lipinski definition) is 2. The normalized spacial score (nSPS) is 23.6. The molecule has 0 radical (unpaired) electrons. The Balaban J connectivity index is 1.78. The van der Waals surface area contributed by atoms with E-state index in [2.05, 4.69) is 5.32 Å². The molecule has 17 heavy (non-hydrogen) atoms. The molecule has 2 saturated heterocycles. The number of nitrogens with zero attached hydrogens (tertiary/aromatic N) is 1. The lowest BCUT2D eigenvalue weighted by molar-refractivity contribution is -0.127. The molecule has 0 aliphatic carbocycles. The van der Waals surface area contributed by atoms with Crippen LogP contribution in [-0.4, -0.2) is 48.7 Å². The summed E-state index contributed by atoms with van der Waals surface area (Å²) in [6.07, 6.45) is 5.96. The lowest BCUT2D eigenvalue weighted by Crippen LogP contribution is -2.38. The predicted octanol–water partition coefficient (Wildman–Crippen LogP) is 0.751. The molecule has 2 aliphatic rings. The van der Waals surface area contributed by atoms with Crippen molar-refractivity contribution in [3.05, 3.63) is 0 Å². The van der Waals surface area contributed by atoms with Crippen LogP contribution in [0.2, 0.25) is 0 Å². The molecule has 4 nitrogen and oxygen atoms in total. The summed E-state index contributed by atoms with van der Waals surface area (Å²) in [5, 5.41) is 12.1. The van der Waals surface area contributed by atoms with Gasteiger partial charge in [-0.05, 0) is 50.6 Å². The quantitative estimate of drug-likeness (QED) is 0.697. The minimum Gasteiger partial charge on any atom is -0.396 e. The highest BCUT2D eigenvalue weighted by Gasteiger charge is 2.43. The summed E-state index contributed by atoms with van der Waals surface area (Å²) in [7, 11) is 0. The number of piperidine rings is 1. The summed E-state index contributed by atoms with van der Waals surface area (Å²) in [6.45, 7) is 4.24. The van der Waals surface area contributed by atoms with Crippen molar-refractivity contribution in [2.24, 2.45) is 5.41 Å². The highest BCUT2D eigenvalue weighted by atomic mass is 16.2. The molecule has 0 unspecified atom stereocenters. The zero-order chi connectivity index (χ0) is 12.1. The van der Waals surface area contributed by atoms with Gasteiger partial charge in [-0.15, -0.1) is 0 Å². The van der Waals surface area contributed by atoms with Gasteiger partial charge in [0.15, 0.2) is 0 Å². The third-order valence-corrected chi connectivity index (χ3v) is 4.16. The maximum atomic E-state index is 12.0. The van der Waals surface area contributed by atoms with Crippen LogP contribution in [0.1, 0.15) is 38.5 Å². The molecule has 1 amide bonds. The molecule has 1 spiro atoms. The lowest BCUT2D eigenvalue weighted by Gasteiger charge is -2.33. The maximum absolute atomic E-state index is 12.0. The molecule has 0 atom stereocenters. The molecule has 0 saturated carbocycles. The van der Waals surface area contributed by atoms with Crippen LogP contribution >= 0.6 is 0 Å². The largest absolute Gasteiger partial charge is 0.396 e. The number of amides is 1.